The van der Waals surface area contributed by atoms with Gasteiger partial charge in [-0.2, -0.15) is 5.10 Å². The zero-order valence-corrected chi connectivity index (χ0v) is 21.0. The van der Waals surface area contributed by atoms with E-state index in [1.807, 2.05) is 26.0 Å². The van der Waals surface area contributed by atoms with Crippen LogP contribution >= 0.6 is 23.2 Å². The molecule has 3 aromatic rings. The number of carbonyl (C=O) groups excluding carboxylic acids is 1. The summed E-state index contributed by atoms with van der Waals surface area (Å²) in [5, 5.41) is 5.17. The van der Waals surface area contributed by atoms with Crippen molar-refractivity contribution in [3.63, 3.8) is 0 Å². The number of piperidine rings is 1. The van der Waals surface area contributed by atoms with Gasteiger partial charge in [0, 0.05) is 10.0 Å². The van der Waals surface area contributed by atoms with Crippen LogP contribution < -0.4 is 5.69 Å². The van der Waals surface area contributed by atoms with E-state index in [2.05, 4.69) is 22.1 Å². The maximum absolute atomic E-state index is 12.7. The van der Waals surface area contributed by atoms with Crippen LogP contribution in [0.15, 0.2) is 53.6 Å². The van der Waals surface area contributed by atoms with Crippen LogP contribution in [0.3, 0.4) is 0 Å². The lowest BCUT2D eigenvalue weighted by atomic mass is 9.88. The van der Waals surface area contributed by atoms with Crippen molar-refractivity contribution >= 4 is 29.2 Å². The number of nitrogens with zero attached hydrogens (tertiary/aromatic N) is 4. The lowest BCUT2D eigenvalue weighted by Gasteiger charge is -2.36. The third-order valence-electron chi connectivity index (χ3n) is 6.40. The molecule has 0 amide bonds. The molecule has 0 radical (unpaired) electrons. The van der Waals surface area contributed by atoms with Gasteiger partial charge in [-0.25, -0.2) is 18.8 Å². The van der Waals surface area contributed by atoms with Crippen molar-refractivity contribution in [2.75, 3.05) is 20.2 Å². The number of rotatable bonds is 6. The van der Waals surface area contributed by atoms with Crippen molar-refractivity contribution < 1.29 is 9.53 Å². The molecule has 1 aliphatic rings. The van der Waals surface area contributed by atoms with Gasteiger partial charge in [0.25, 0.3) is 0 Å². The van der Waals surface area contributed by atoms with Crippen LogP contribution in [-0.4, -0.2) is 45.4 Å². The number of ether oxygens (including phenoxy) is 1. The highest BCUT2D eigenvalue weighted by molar-refractivity contribution is 6.35. The Kier molecular flexibility index (Phi) is 7.45. The Morgan fingerprint density at radius 3 is 2.32 bits per heavy atom. The molecule has 0 N–H and O–H groups in total. The van der Waals surface area contributed by atoms with Crippen molar-refractivity contribution in [1.82, 2.24) is 19.2 Å². The SMILES string of the molecule is COC(=O)C(c1ccc(Cl)cc1Cl)N1CCC(c2ccc(-n3cnn(C(C)C)c3=O)cc2)CC1. The van der Waals surface area contributed by atoms with Gasteiger partial charge in [0.1, 0.15) is 12.4 Å². The summed E-state index contributed by atoms with van der Waals surface area (Å²) in [6, 6.07) is 12.7. The average molecular weight is 503 g/mol. The van der Waals surface area contributed by atoms with E-state index in [9.17, 15) is 9.59 Å². The molecule has 0 aliphatic carbocycles. The first kappa shape index (κ1) is 24.5. The van der Waals surface area contributed by atoms with E-state index in [1.54, 1.807) is 29.1 Å². The van der Waals surface area contributed by atoms with Gasteiger partial charge in [-0.1, -0.05) is 41.4 Å². The summed E-state index contributed by atoms with van der Waals surface area (Å²) < 4.78 is 8.12. The average Bonchev–Trinajstić information content (AvgIpc) is 3.22. The lowest BCUT2D eigenvalue weighted by Crippen LogP contribution is -2.40. The third-order valence-corrected chi connectivity index (χ3v) is 6.96. The van der Waals surface area contributed by atoms with E-state index in [0.717, 1.165) is 31.6 Å². The Morgan fingerprint density at radius 2 is 1.76 bits per heavy atom. The molecule has 0 spiro atoms. The standard InChI is InChI=1S/C25H28Cl2N4O3/c1-16(2)31-25(33)30(15-28-31)20-7-4-17(5-8-20)18-10-12-29(13-11-18)23(24(32)34-3)21-9-6-19(26)14-22(21)27/h4-9,14-16,18,23H,10-13H2,1-3H3. The molecule has 2 heterocycles. The first-order chi connectivity index (χ1) is 16.3. The van der Waals surface area contributed by atoms with Gasteiger partial charge in [0.2, 0.25) is 0 Å². The molecule has 1 atom stereocenters. The molecule has 180 valence electrons. The second-order valence-electron chi connectivity index (χ2n) is 8.82. The monoisotopic (exact) mass is 502 g/mol. The highest BCUT2D eigenvalue weighted by atomic mass is 35.5. The number of esters is 1. The Bertz CT molecular complexity index is 1210. The van der Waals surface area contributed by atoms with Gasteiger partial charge in [0.05, 0.1) is 18.8 Å². The van der Waals surface area contributed by atoms with E-state index in [0.29, 0.717) is 21.5 Å². The largest absolute Gasteiger partial charge is 0.468 e. The molecule has 4 rings (SSSR count). The highest BCUT2D eigenvalue weighted by Gasteiger charge is 2.33. The minimum atomic E-state index is -0.567. The van der Waals surface area contributed by atoms with E-state index in [1.165, 1.54) is 17.4 Å². The Morgan fingerprint density at radius 1 is 1.09 bits per heavy atom. The van der Waals surface area contributed by atoms with Crippen molar-refractivity contribution in [2.45, 2.75) is 44.7 Å². The van der Waals surface area contributed by atoms with Crippen LogP contribution in [0, 0.1) is 0 Å². The number of hydrogen-bond donors (Lipinski definition) is 0. The molecular weight excluding hydrogens is 475 g/mol. The molecule has 1 fully saturated rings. The molecule has 9 heteroatoms. The number of aromatic nitrogens is 3. The van der Waals surface area contributed by atoms with E-state index < -0.39 is 6.04 Å². The van der Waals surface area contributed by atoms with Gasteiger partial charge >= 0.3 is 11.7 Å². The highest BCUT2D eigenvalue weighted by Crippen LogP contribution is 2.36. The molecule has 1 saturated heterocycles. The van der Waals surface area contributed by atoms with Crippen LogP contribution in [0.1, 0.15) is 55.8 Å². The summed E-state index contributed by atoms with van der Waals surface area (Å²) in [5.41, 5.74) is 2.56. The quantitative estimate of drug-likeness (QED) is 0.442. The second kappa shape index (κ2) is 10.3. The number of benzene rings is 2. The molecule has 1 aromatic heterocycles. The predicted octanol–water partition coefficient (Wildman–Crippen LogP) is 5.02. The van der Waals surface area contributed by atoms with Crippen molar-refractivity contribution in [1.29, 1.82) is 0 Å². The Hall–Kier alpha value is -2.61. The Balaban J connectivity index is 1.47. The van der Waals surface area contributed by atoms with Crippen LogP contribution in [0.5, 0.6) is 0 Å². The Labute approximate surface area is 208 Å². The minimum Gasteiger partial charge on any atom is -0.468 e. The summed E-state index contributed by atoms with van der Waals surface area (Å²) in [6.07, 6.45) is 3.34. The maximum atomic E-state index is 12.7. The summed E-state index contributed by atoms with van der Waals surface area (Å²) in [6.45, 7) is 5.32. The summed E-state index contributed by atoms with van der Waals surface area (Å²) in [7, 11) is 1.39. The van der Waals surface area contributed by atoms with Crippen molar-refractivity contribution in [2.24, 2.45) is 0 Å². The van der Waals surface area contributed by atoms with Crippen LogP contribution in [0.25, 0.3) is 5.69 Å². The first-order valence-electron chi connectivity index (χ1n) is 11.3. The molecule has 0 saturated carbocycles. The topological polar surface area (TPSA) is 69.4 Å². The summed E-state index contributed by atoms with van der Waals surface area (Å²) >= 11 is 12.5. The fraction of sp³-hybridized carbons (Fsp3) is 0.400. The zero-order chi connectivity index (χ0) is 24.4. The van der Waals surface area contributed by atoms with Gasteiger partial charge in [-0.3, -0.25) is 4.90 Å². The molecule has 2 aromatic carbocycles. The van der Waals surface area contributed by atoms with E-state index in [-0.39, 0.29) is 17.7 Å². The van der Waals surface area contributed by atoms with Crippen molar-refractivity contribution in [3.05, 3.63) is 80.4 Å². The van der Waals surface area contributed by atoms with Crippen LogP contribution in [0.2, 0.25) is 10.0 Å². The number of methoxy groups -OCH3 is 1. The number of likely N-dealkylation sites (tertiary alicyclic amines) is 1. The van der Waals surface area contributed by atoms with Gasteiger partial charge in [0.15, 0.2) is 0 Å². The summed E-state index contributed by atoms with van der Waals surface area (Å²) in [4.78, 5) is 27.3. The fourth-order valence-corrected chi connectivity index (χ4v) is 5.07. The van der Waals surface area contributed by atoms with E-state index >= 15 is 0 Å². The molecule has 1 aliphatic heterocycles. The molecule has 34 heavy (non-hydrogen) atoms. The predicted molar refractivity (Wildman–Crippen MR) is 133 cm³/mol. The zero-order valence-electron chi connectivity index (χ0n) is 19.4. The lowest BCUT2D eigenvalue weighted by molar-refractivity contribution is -0.147. The molecule has 0 bridgehead atoms. The molecule has 1 unspecified atom stereocenters. The molecular formula is C25H28Cl2N4O3. The number of hydrogen-bond acceptors (Lipinski definition) is 5. The second-order valence-corrected chi connectivity index (χ2v) is 9.66. The van der Waals surface area contributed by atoms with Gasteiger partial charge in [-0.15, -0.1) is 0 Å². The van der Waals surface area contributed by atoms with E-state index in [4.69, 9.17) is 27.9 Å². The smallest absolute Gasteiger partial charge is 0.350 e. The molecule has 7 nitrogen and oxygen atoms in total. The summed E-state index contributed by atoms with van der Waals surface area (Å²) in [5.74, 6) is 0.0267. The minimum absolute atomic E-state index is 0.00905. The normalized spacial score (nSPS) is 16.1. The van der Waals surface area contributed by atoms with Gasteiger partial charge in [-0.05, 0) is 81.1 Å². The number of carbonyl (C=O) groups is 1. The third kappa shape index (κ3) is 4.92. The fourth-order valence-electron chi connectivity index (χ4n) is 4.55. The maximum Gasteiger partial charge on any atom is 0.350 e. The number of halogens is 2. The first-order valence-corrected chi connectivity index (χ1v) is 12.1. The van der Waals surface area contributed by atoms with Crippen LogP contribution in [-0.2, 0) is 9.53 Å². The van der Waals surface area contributed by atoms with Crippen LogP contribution in [0.4, 0.5) is 0 Å². The van der Waals surface area contributed by atoms with Gasteiger partial charge < -0.3 is 4.74 Å². The van der Waals surface area contributed by atoms with Crippen molar-refractivity contribution in [3.8, 4) is 5.69 Å².